The highest BCUT2D eigenvalue weighted by molar-refractivity contribution is 5.82. The van der Waals surface area contributed by atoms with E-state index in [2.05, 4.69) is 0 Å². The van der Waals surface area contributed by atoms with Crippen LogP contribution in [-0.4, -0.2) is 35.1 Å². The van der Waals surface area contributed by atoms with Gasteiger partial charge in [0.25, 0.3) is 0 Å². The minimum atomic E-state index is -0.287. The van der Waals surface area contributed by atoms with Gasteiger partial charge < -0.3 is 10.0 Å². The Kier molecular flexibility index (Phi) is 2.28. The molecule has 1 heterocycles. The van der Waals surface area contributed by atoms with Crippen LogP contribution in [0.1, 0.15) is 26.2 Å². The van der Waals surface area contributed by atoms with Crippen LogP contribution in [0.2, 0.25) is 0 Å². The fourth-order valence-corrected chi connectivity index (χ4v) is 2.10. The van der Waals surface area contributed by atoms with Crippen molar-refractivity contribution >= 4 is 5.91 Å². The van der Waals surface area contributed by atoms with Crippen molar-refractivity contribution in [1.82, 2.24) is 4.90 Å². The number of hydrogen-bond acceptors (Lipinski definition) is 2. The predicted octanol–water partition coefficient (Wildman–Crippen LogP) is 0.626. The largest absolute Gasteiger partial charge is 0.393 e. The van der Waals surface area contributed by atoms with E-state index in [1.54, 1.807) is 6.92 Å². The lowest BCUT2D eigenvalue weighted by atomic mass is 10.1. The van der Waals surface area contributed by atoms with E-state index < -0.39 is 0 Å². The summed E-state index contributed by atoms with van der Waals surface area (Å²) in [5.74, 6) is 1.38. The lowest BCUT2D eigenvalue weighted by Crippen LogP contribution is -2.38. The van der Waals surface area contributed by atoms with Crippen LogP contribution >= 0.6 is 0 Å². The quantitative estimate of drug-likeness (QED) is 0.697. The third-order valence-electron chi connectivity index (χ3n) is 3.14. The predicted molar refractivity (Wildman–Crippen MR) is 49.1 cm³/mol. The molecule has 1 amide bonds. The van der Waals surface area contributed by atoms with Crippen molar-refractivity contribution in [2.24, 2.45) is 11.8 Å². The lowest BCUT2D eigenvalue weighted by Gasteiger charge is -2.26. The van der Waals surface area contributed by atoms with E-state index in [4.69, 9.17) is 5.11 Å². The van der Waals surface area contributed by atoms with Crippen molar-refractivity contribution in [3.63, 3.8) is 0 Å². The third kappa shape index (κ3) is 1.85. The number of rotatable bonds is 3. The average Bonchev–Trinajstić information content (AvgIpc) is 2.82. The number of carbonyl (C=O) groups is 1. The number of nitrogens with zero attached hydrogens (tertiary/aromatic N) is 1. The summed E-state index contributed by atoms with van der Waals surface area (Å²) in [7, 11) is 0. The number of hydrogen-bond donors (Lipinski definition) is 1. The molecule has 0 aromatic rings. The van der Waals surface area contributed by atoms with Crippen LogP contribution in [0.5, 0.6) is 0 Å². The molecule has 74 valence electrons. The second-order valence-corrected chi connectivity index (χ2v) is 4.35. The molecule has 3 atom stereocenters. The average molecular weight is 183 g/mol. The summed E-state index contributed by atoms with van der Waals surface area (Å²) in [5.41, 5.74) is 0. The van der Waals surface area contributed by atoms with Gasteiger partial charge in [0.05, 0.1) is 6.10 Å². The minimum absolute atomic E-state index is 0.287. The number of aliphatic hydroxyl groups is 1. The van der Waals surface area contributed by atoms with E-state index in [1.807, 2.05) is 4.90 Å². The first-order chi connectivity index (χ1) is 6.18. The van der Waals surface area contributed by atoms with Crippen LogP contribution in [0.25, 0.3) is 0 Å². The van der Waals surface area contributed by atoms with Gasteiger partial charge in [-0.25, -0.2) is 0 Å². The Morgan fingerprint density at radius 1 is 1.69 bits per heavy atom. The SMILES string of the molecule is CC(O)CCN1CCC2CC2C1=O. The Morgan fingerprint density at radius 3 is 3.15 bits per heavy atom. The van der Waals surface area contributed by atoms with Crippen LogP contribution < -0.4 is 0 Å². The molecule has 1 aliphatic carbocycles. The van der Waals surface area contributed by atoms with E-state index in [1.165, 1.54) is 6.42 Å². The Morgan fingerprint density at radius 2 is 2.46 bits per heavy atom. The summed E-state index contributed by atoms with van der Waals surface area (Å²) in [6.07, 6.45) is 2.72. The lowest BCUT2D eigenvalue weighted by molar-refractivity contribution is -0.134. The molecular formula is C10H17NO2. The van der Waals surface area contributed by atoms with Crippen LogP contribution in [-0.2, 0) is 4.79 Å². The maximum absolute atomic E-state index is 11.6. The number of aliphatic hydroxyl groups excluding tert-OH is 1. The van der Waals surface area contributed by atoms with Gasteiger partial charge in [0, 0.05) is 19.0 Å². The summed E-state index contributed by atoms with van der Waals surface area (Å²) in [5, 5.41) is 9.11. The molecule has 2 fully saturated rings. The van der Waals surface area contributed by atoms with E-state index in [0.717, 1.165) is 19.5 Å². The van der Waals surface area contributed by atoms with Gasteiger partial charge in [0.2, 0.25) is 5.91 Å². The van der Waals surface area contributed by atoms with Crippen molar-refractivity contribution < 1.29 is 9.90 Å². The van der Waals surface area contributed by atoms with Gasteiger partial charge in [-0.05, 0) is 32.1 Å². The van der Waals surface area contributed by atoms with Crippen LogP contribution in [0.3, 0.4) is 0 Å². The molecule has 0 bridgehead atoms. The molecule has 1 N–H and O–H groups in total. The van der Waals surface area contributed by atoms with Crippen molar-refractivity contribution in [2.75, 3.05) is 13.1 Å². The monoisotopic (exact) mass is 183 g/mol. The molecule has 0 radical (unpaired) electrons. The Hall–Kier alpha value is -0.570. The number of piperidine rings is 1. The van der Waals surface area contributed by atoms with Crippen molar-refractivity contribution in [3.05, 3.63) is 0 Å². The molecule has 0 spiro atoms. The summed E-state index contributed by atoms with van der Waals surface area (Å²) in [4.78, 5) is 13.5. The zero-order valence-electron chi connectivity index (χ0n) is 8.07. The molecule has 0 aromatic heterocycles. The first-order valence-corrected chi connectivity index (χ1v) is 5.15. The molecule has 2 rings (SSSR count). The van der Waals surface area contributed by atoms with Gasteiger partial charge in [-0.15, -0.1) is 0 Å². The minimum Gasteiger partial charge on any atom is -0.393 e. The van der Waals surface area contributed by atoms with Gasteiger partial charge in [-0.1, -0.05) is 0 Å². The number of likely N-dealkylation sites (tertiary alicyclic amines) is 1. The van der Waals surface area contributed by atoms with Gasteiger partial charge in [0.1, 0.15) is 0 Å². The van der Waals surface area contributed by atoms with Gasteiger partial charge in [0.15, 0.2) is 0 Å². The fraction of sp³-hybridized carbons (Fsp3) is 0.900. The molecule has 1 saturated heterocycles. The molecule has 3 unspecified atom stereocenters. The second kappa shape index (κ2) is 3.29. The Balaban J connectivity index is 1.81. The van der Waals surface area contributed by atoms with Crippen LogP contribution in [0, 0.1) is 11.8 Å². The summed E-state index contributed by atoms with van der Waals surface area (Å²) in [6, 6.07) is 0. The standard InChI is InChI=1S/C10H17NO2/c1-7(12)2-4-11-5-3-8-6-9(8)10(11)13/h7-9,12H,2-6H2,1H3. The molecule has 13 heavy (non-hydrogen) atoms. The van der Waals surface area contributed by atoms with Crippen molar-refractivity contribution in [3.8, 4) is 0 Å². The molecular weight excluding hydrogens is 166 g/mol. The van der Waals surface area contributed by atoms with E-state index >= 15 is 0 Å². The molecule has 1 saturated carbocycles. The summed E-state index contributed by atoms with van der Waals surface area (Å²) < 4.78 is 0. The number of fused-ring (bicyclic) bond motifs is 1. The van der Waals surface area contributed by atoms with Gasteiger partial charge in [-0.3, -0.25) is 4.79 Å². The normalized spacial score (nSPS) is 34.3. The van der Waals surface area contributed by atoms with E-state index in [0.29, 0.717) is 24.2 Å². The van der Waals surface area contributed by atoms with Crippen LogP contribution in [0.4, 0.5) is 0 Å². The zero-order valence-corrected chi connectivity index (χ0v) is 8.07. The Labute approximate surface area is 78.7 Å². The molecule has 3 heteroatoms. The maximum atomic E-state index is 11.6. The summed E-state index contributed by atoms with van der Waals surface area (Å²) in [6.45, 7) is 3.42. The highest BCUT2D eigenvalue weighted by Crippen LogP contribution is 2.45. The van der Waals surface area contributed by atoms with E-state index in [9.17, 15) is 4.79 Å². The fourth-order valence-electron chi connectivity index (χ4n) is 2.10. The third-order valence-corrected chi connectivity index (χ3v) is 3.14. The van der Waals surface area contributed by atoms with Gasteiger partial charge >= 0.3 is 0 Å². The molecule has 0 aromatic carbocycles. The van der Waals surface area contributed by atoms with Crippen molar-refractivity contribution in [2.45, 2.75) is 32.3 Å². The Bertz CT molecular complexity index is 215. The first-order valence-electron chi connectivity index (χ1n) is 5.15. The first kappa shape index (κ1) is 9.00. The number of amides is 1. The van der Waals surface area contributed by atoms with E-state index in [-0.39, 0.29) is 6.10 Å². The molecule has 3 nitrogen and oxygen atoms in total. The van der Waals surface area contributed by atoms with Gasteiger partial charge in [-0.2, -0.15) is 0 Å². The van der Waals surface area contributed by atoms with Crippen molar-refractivity contribution in [1.29, 1.82) is 0 Å². The smallest absolute Gasteiger partial charge is 0.225 e. The maximum Gasteiger partial charge on any atom is 0.225 e. The topological polar surface area (TPSA) is 40.5 Å². The van der Waals surface area contributed by atoms with Crippen LogP contribution in [0.15, 0.2) is 0 Å². The highest BCUT2D eigenvalue weighted by Gasteiger charge is 2.47. The molecule has 1 aliphatic heterocycles. The summed E-state index contributed by atoms with van der Waals surface area (Å²) >= 11 is 0. The molecule has 2 aliphatic rings. The number of carbonyl (C=O) groups excluding carboxylic acids is 1. The highest BCUT2D eigenvalue weighted by atomic mass is 16.3. The zero-order chi connectivity index (χ0) is 9.42. The second-order valence-electron chi connectivity index (χ2n) is 4.35.